The van der Waals surface area contributed by atoms with E-state index in [1.54, 1.807) is 45.2 Å². The van der Waals surface area contributed by atoms with Gasteiger partial charge in [-0.1, -0.05) is 5.16 Å². The fourth-order valence-corrected chi connectivity index (χ4v) is 6.84. The number of thiophene rings is 1. The lowest BCUT2D eigenvalue weighted by Gasteiger charge is -2.30. The molecule has 1 aliphatic rings. The van der Waals surface area contributed by atoms with Gasteiger partial charge in [-0.25, -0.2) is 8.42 Å². The highest BCUT2D eigenvalue weighted by Crippen LogP contribution is 2.35. The van der Waals surface area contributed by atoms with E-state index in [2.05, 4.69) is 15.5 Å². The molecular weight excluding hydrogens is 480 g/mol. The lowest BCUT2D eigenvalue weighted by molar-refractivity contribution is -0.120. The molecule has 3 aromatic rings. The number of carbonyl (C=O) groups excluding carboxylic acids is 1. The van der Waals surface area contributed by atoms with Crippen molar-refractivity contribution in [2.45, 2.75) is 31.6 Å². The molecule has 0 saturated carbocycles. The molecule has 0 aliphatic carbocycles. The van der Waals surface area contributed by atoms with Crippen LogP contribution in [0.2, 0.25) is 0 Å². The largest absolute Gasteiger partial charge is 0.493 e. The Morgan fingerprint density at radius 1 is 1.15 bits per heavy atom. The summed E-state index contributed by atoms with van der Waals surface area (Å²) in [7, 11) is -0.629. The second-order valence-electron chi connectivity index (χ2n) is 7.91. The van der Waals surface area contributed by atoms with Crippen molar-refractivity contribution in [1.29, 1.82) is 0 Å². The Bertz CT molecular complexity index is 1290. The van der Waals surface area contributed by atoms with Gasteiger partial charge in [-0.15, -0.1) is 11.3 Å². The molecule has 1 amide bonds. The average Bonchev–Trinajstić information content (AvgIpc) is 3.44. The van der Waals surface area contributed by atoms with Gasteiger partial charge in [-0.2, -0.15) is 9.29 Å². The molecule has 1 aromatic carbocycles. The third-order valence-electron chi connectivity index (χ3n) is 5.71. The van der Waals surface area contributed by atoms with Crippen LogP contribution in [-0.2, 0) is 14.8 Å². The van der Waals surface area contributed by atoms with E-state index in [1.807, 2.05) is 0 Å². The van der Waals surface area contributed by atoms with Gasteiger partial charge in [0.15, 0.2) is 11.5 Å². The predicted octanol–water partition coefficient (Wildman–Crippen LogP) is 3.47. The molecule has 12 heteroatoms. The highest BCUT2D eigenvalue weighted by Gasteiger charge is 2.34. The number of amides is 1. The number of methoxy groups -OCH3 is 2. The maximum absolute atomic E-state index is 13.3. The summed E-state index contributed by atoms with van der Waals surface area (Å²) in [6.07, 6.45) is 0.858. The van der Waals surface area contributed by atoms with Gasteiger partial charge in [0.05, 0.1) is 24.0 Å². The van der Waals surface area contributed by atoms with Crippen molar-refractivity contribution in [3.63, 3.8) is 0 Å². The summed E-state index contributed by atoms with van der Waals surface area (Å²) in [6, 6.07) is 6.74. The lowest BCUT2D eigenvalue weighted by atomic mass is 9.97. The Kier molecular flexibility index (Phi) is 6.91. The number of rotatable bonds is 7. The average molecular weight is 507 g/mol. The van der Waals surface area contributed by atoms with Crippen molar-refractivity contribution >= 4 is 33.0 Å². The standard InChI is InChI=1S/C22H26N4O6S2/c1-13-20(12-19(33-13)21-23-14(2)32-25-21)34(28,29)26-9-7-15(8-10-26)22(27)24-16-5-6-17(30-3)18(11-16)31-4/h5-6,11-12,15H,7-10H2,1-4H3,(H,24,27). The maximum atomic E-state index is 13.3. The molecule has 3 heterocycles. The SMILES string of the molecule is COc1ccc(NC(=O)C2CCN(S(=O)(=O)c3cc(-c4noc(C)n4)sc3C)CC2)cc1OC. The molecule has 1 N–H and O–H groups in total. The molecular formula is C22H26N4O6S2. The lowest BCUT2D eigenvalue weighted by Crippen LogP contribution is -2.41. The summed E-state index contributed by atoms with van der Waals surface area (Å²) in [5.41, 5.74) is 0.593. The van der Waals surface area contributed by atoms with Crippen molar-refractivity contribution < 1.29 is 27.2 Å². The van der Waals surface area contributed by atoms with E-state index >= 15 is 0 Å². The first-order valence-electron chi connectivity index (χ1n) is 10.7. The summed E-state index contributed by atoms with van der Waals surface area (Å²) < 4.78 is 43.5. The summed E-state index contributed by atoms with van der Waals surface area (Å²) >= 11 is 1.31. The smallest absolute Gasteiger partial charge is 0.244 e. The van der Waals surface area contributed by atoms with Gasteiger partial charge in [0.2, 0.25) is 27.6 Å². The van der Waals surface area contributed by atoms with Crippen molar-refractivity contribution in [1.82, 2.24) is 14.4 Å². The van der Waals surface area contributed by atoms with Crippen LogP contribution in [0.4, 0.5) is 5.69 Å². The molecule has 4 rings (SSSR count). The number of carbonyl (C=O) groups is 1. The quantitative estimate of drug-likeness (QED) is 0.517. The minimum Gasteiger partial charge on any atom is -0.493 e. The molecule has 2 aromatic heterocycles. The number of hydrogen-bond donors (Lipinski definition) is 1. The fourth-order valence-electron chi connectivity index (χ4n) is 3.89. The van der Waals surface area contributed by atoms with Crippen LogP contribution in [0, 0.1) is 19.8 Å². The molecule has 0 spiro atoms. The Labute approximate surface area is 201 Å². The first-order valence-corrected chi connectivity index (χ1v) is 12.9. The zero-order chi connectivity index (χ0) is 24.5. The molecule has 1 aliphatic heterocycles. The first kappa shape index (κ1) is 24.2. The van der Waals surface area contributed by atoms with E-state index in [9.17, 15) is 13.2 Å². The number of hydrogen-bond acceptors (Lipinski definition) is 9. The number of anilines is 1. The Balaban J connectivity index is 1.41. The van der Waals surface area contributed by atoms with Crippen LogP contribution in [0.15, 0.2) is 33.7 Å². The monoisotopic (exact) mass is 506 g/mol. The number of aromatic nitrogens is 2. The topological polar surface area (TPSA) is 124 Å². The molecule has 1 fully saturated rings. The van der Waals surface area contributed by atoms with Crippen LogP contribution in [-0.4, -0.2) is 56.1 Å². The second kappa shape index (κ2) is 9.72. The number of piperidine rings is 1. The number of nitrogens with one attached hydrogen (secondary N) is 1. The minimum atomic E-state index is -3.70. The molecule has 0 bridgehead atoms. The van der Waals surface area contributed by atoms with Crippen LogP contribution in [0.5, 0.6) is 11.5 Å². The van der Waals surface area contributed by atoms with E-state index in [-0.39, 0.29) is 29.8 Å². The van der Waals surface area contributed by atoms with Gasteiger partial charge >= 0.3 is 0 Å². The van der Waals surface area contributed by atoms with E-state index < -0.39 is 10.0 Å². The van der Waals surface area contributed by atoms with E-state index in [0.29, 0.717) is 51.5 Å². The van der Waals surface area contributed by atoms with Gasteiger partial charge in [0.25, 0.3) is 0 Å². The first-order chi connectivity index (χ1) is 16.2. The summed E-state index contributed by atoms with van der Waals surface area (Å²) in [5, 5.41) is 6.77. The number of ether oxygens (including phenoxy) is 2. The molecule has 182 valence electrons. The Morgan fingerprint density at radius 2 is 1.85 bits per heavy atom. The van der Waals surface area contributed by atoms with Gasteiger partial charge in [0, 0.05) is 42.6 Å². The third-order valence-corrected chi connectivity index (χ3v) is 8.91. The van der Waals surface area contributed by atoms with Crippen LogP contribution in [0.3, 0.4) is 0 Å². The predicted molar refractivity (Wildman–Crippen MR) is 127 cm³/mol. The fraction of sp³-hybridized carbons (Fsp3) is 0.409. The molecule has 0 atom stereocenters. The molecule has 10 nitrogen and oxygen atoms in total. The number of sulfonamides is 1. The zero-order valence-electron chi connectivity index (χ0n) is 19.3. The van der Waals surface area contributed by atoms with Crippen LogP contribution < -0.4 is 14.8 Å². The van der Waals surface area contributed by atoms with Crippen molar-refractivity contribution in [3.8, 4) is 22.2 Å². The maximum Gasteiger partial charge on any atom is 0.244 e. The molecule has 0 radical (unpaired) electrons. The van der Waals surface area contributed by atoms with Crippen LogP contribution >= 0.6 is 11.3 Å². The highest BCUT2D eigenvalue weighted by molar-refractivity contribution is 7.89. The van der Waals surface area contributed by atoms with E-state index in [1.165, 1.54) is 22.8 Å². The summed E-state index contributed by atoms with van der Waals surface area (Å²) in [5.74, 6) is 1.44. The highest BCUT2D eigenvalue weighted by atomic mass is 32.2. The summed E-state index contributed by atoms with van der Waals surface area (Å²) in [6.45, 7) is 3.97. The Morgan fingerprint density at radius 3 is 2.47 bits per heavy atom. The van der Waals surface area contributed by atoms with Gasteiger partial charge < -0.3 is 19.3 Å². The summed E-state index contributed by atoms with van der Waals surface area (Å²) in [4.78, 5) is 18.5. The molecule has 1 saturated heterocycles. The third kappa shape index (κ3) is 4.79. The zero-order valence-corrected chi connectivity index (χ0v) is 21.0. The van der Waals surface area contributed by atoms with E-state index in [0.717, 1.165) is 0 Å². The van der Waals surface area contributed by atoms with Crippen molar-refractivity contribution in [2.24, 2.45) is 5.92 Å². The Hall–Kier alpha value is -2.96. The van der Waals surface area contributed by atoms with Crippen molar-refractivity contribution in [3.05, 3.63) is 35.0 Å². The minimum absolute atomic E-state index is 0.147. The molecule has 34 heavy (non-hydrogen) atoms. The van der Waals surface area contributed by atoms with Crippen LogP contribution in [0.1, 0.15) is 23.6 Å². The normalized spacial score (nSPS) is 15.3. The number of benzene rings is 1. The van der Waals surface area contributed by atoms with Gasteiger partial charge in [0.1, 0.15) is 0 Å². The van der Waals surface area contributed by atoms with Gasteiger partial charge in [-0.05, 0) is 38.0 Å². The van der Waals surface area contributed by atoms with E-state index in [4.69, 9.17) is 14.0 Å². The van der Waals surface area contributed by atoms with Crippen LogP contribution in [0.25, 0.3) is 10.7 Å². The number of nitrogens with zero attached hydrogens (tertiary/aromatic N) is 3. The molecule has 0 unspecified atom stereocenters. The number of aryl methyl sites for hydroxylation is 2. The second-order valence-corrected chi connectivity index (χ2v) is 11.1. The van der Waals surface area contributed by atoms with Crippen molar-refractivity contribution in [2.75, 3.05) is 32.6 Å². The van der Waals surface area contributed by atoms with Gasteiger partial charge in [-0.3, -0.25) is 4.79 Å².